The molecule has 1 aliphatic rings. The molecular formula is C9H13N3O. The van der Waals surface area contributed by atoms with Gasteiger partial charge in [0.15, 0.2) is 0 Å². The number of nitrogens with zero attached hydrogens (tertiary/aromatic N) is 3. The summed E-state index contributed by atoms with van der Waals surface area (Å²) in [5, 5.41) is 4.22. The Balaban J connectivity index is 2.40. The third kappa shape index (κ3) is 1.22. The molecule has 4 heteroatoms. The van der Waals surface area contributed by atoms with Crippen molar-refractivity contribution >= 4 is 0 Å². The molecule has 1 aromatic heterocycles. The van der Waals surface area contributed by atoms with E-state index in [1.807, 2.05) is 0 Å². The van der Waals surface area contributed by atoms with Gasteiger partial charge in [0.2, 0.25) is 0 Å². The molecule has 70 valence electrons. The minimum absolute atomic E-state index is 0.0399. The molecule has 0 amide bonds. The fraction of sp³-hybridized carbons (Fsp3) is 0.556. The highest BCUT2D eigenvalue weighted by Crippen LogP contribution is 2.26. The van der Waals surface area contributed by atoms with Gasteiger partial charge in [-0.15, -0.1) is 0 Å². The summed E-state index contributed by atoms with van der Waals surface area (Å²) in [5.41, 5.74) is -0.0399. The van der Waals surface area contributed by atoms with Gasteiger partial charge >= 0.3 is 5.69 Å². The van der Waals surface area contributed by atoms with Crippen LogP contribution >= 0.6 is 0 Å². The van der Waals surface area contributed by atoms with Crippen LogP contribution in [-0.4, -0.2) is 14.3 Å². The standard InChI is InChI=1S/C9H13N3O/c1-11-8(7-5-3-4-6-7)10-12(2)9(11)13/h3-4,7H,5-6H2,1-2H3. The van der Waals surface area contributed by atoms with Gasteiger partial charge in [-0.05, 0) is 12.8 Å². The molecule has 0 fully saturated rings. The molecule has 1 aromatic rings. The predicted molar refractivity (Wildman–Crippen MR) is 49.6 cm³/mol. The lowest BCUT2D eigenvalue weighted by Gasteiger charge is -2.05. The average molecular weight is 179 g/mol. The van der Waals surface area contributed by atoms with Crippen molar-refractivity contribution in [1.29, 1.82) is 0 Å². The van der Waals surface area contributed by atoms with Gasteiger partial charge in [0, 0.05) is 20.0 Å². The summed E-state index contributed by atoms with van der Waals surface area (Å²) in [5.74, 6) is 1.30. The molecular weight excluding hydrogens is 166 g/mol. The largest absolute Gasteiger partial charge is 0.345 e. The monoisotopic (exact) mass is 179 g/mol. The number of aromatic nitrogens is 3. The van der Waals surface area contributed by atoms with E-state index in [9.17, 15) is 4.79 Å². The Kier molecular flexibility index (Phi) is 1.83. The zero-order valence-electron chi connectivity index (χ0n) is 7.90. The lowest BCUT2D eigenvalue weighted by molar-refractivity contribution is 0.638. The maximum Gasteiger partial charge on any atom is 0.345 e. The first-order chi connectivity index (χ1) is 6.20. The van der Waals surface area contributed by atoms with E-state index in [0.717, 1.165) is 18.7 Å². The first-order valence-electron chi connectivity index (χ1n) is 4.45. The number of hydrogen-bond acceptors (Lipinski definition) is 2. The predicted octanol–water partition coefficient (Wildman–Crippen LogP) is 0.552. The van der Waals surface area contributed by atoms with E-state index >= 15 is 0 Å². The Morgan fingerprint density at radius 1 is 1.38 bits per heavy atom. The quantitative estimate of drug-likeness (QED) is 0.591. The number of allylic oxidation sites excluding steroid dienone is 2. The highest BCUT2D eigenvalue weighted by Gasteiger charge is 2.19. The van der Waals surface area contributed by atoms with E-state index in [4.69, 9.17) is 0 Å². The molecule has 0 unspecified atom stereocenters. The molecule has 0 N–H and O–H groups in total. The van der Waals surface area contributed by atoms with Crippen molar-refractivity contribution in [2.24, 2.45) is 14.1 Å². The molecule has 1 heterocycles. The van der Waals surface area contributed by atoms with E-state index in [1.165, 1.54) is 4.68 Å². The average Bonchev–Trinajstić information content (AvgIpc) is 2.70. The van der Waals surface area contributed by atoms with E-state index < -0.39 is 0 Å². The van der Waals surface area contributed by atoms with Crippen molar-refractivity contribution in [3.05, 3.63) is 28.5 Å². The molecule has 0 aliphatic heterocycles. The SMILES string of the molecule is Cn1nc(C2CC=CC2)n(C)c1=O. The van der Waals surface area contributed by atoms with Crippen LogP contribution in [-0.2, 0) is 14.1 Å². The van der Waals surface area contributed by atoms with Gasteiger partial charge in [-0.25, -0.2) is 9.48 Å². The second-order valence-corrected chi connectivity index (χ2v) is 3.46. The first-order valence-corrected chi connectivity index (χ1v) is 4.45. The summed E-state index contributed by atoms with van der Waals surface area (Å²) in [6.45, 7) is 0. The minimum atomic E-state index is -0.0399. The number of hydrogen-bond donors (Lipinski definition) is 0. The summed E-state index contributed by atoms with van der Waals surface area (Å²) in [4.78, 5) is 11.4. The molecule has 0 saturated carbocycles. The van der Waals surface area contributed by atoms with Gasteiger partial charge < -0.3 is 0 Å². The Morgan fingerprint density at radius 2 is 2.00 bits per heavy atom. The lowest BCUT2D eigenvalue weighted by Crippen LogP contribution is -2.21. The first kappa shape index (κ1) is 8.29. The van der Waals surface area contributed by atoms with Crippen LogP contribution in [0.4, 0.5) is 0 Å². The van der Waals surface area contributed by atoms with E-state index in [0.29, 0.717) is 5.92 Å². The fourth-order valence-electron chi connectivity index (χ4n) is 1.76. The Morgan fingerprint density at radius 3 is 2.46 bits per heavy atom. The van der Waals surface area contributed by atoms with E-state index in [-0.39, 0.29) is 5.69 Å². The van der Waals surface area contributed by atoms with Gasteiger partial charge in [0.25, 0.3) is 0 Å². The molecule has 0 spiro atoms. The summed E-state index contributed by atoms with van der Waals surface area (Å²) in [6, 6.07) is 0. The topological polar surface area (TPSA) is 39.8 Å². The van der Waals surface area contributed by atoms with Gasteiger partial charge in [-0.3, -0.25) is 4.57 Å². The van der Waals surface area contributed by atoms with Gasteiger partial charge in [-0.2, -0.15) is 5.10 Å². The lowest BCUT2D eigenvalue weighted by atomic mass is 10.1. The van der Waals surface area contributed by atoms with Crippen LogP contribution < -0.4 is 5.69 Å². The summed E-state index contributed by atoms with van der Waals surface area (Å²) in [7, 11) is 3.47. The summed E-state index contributed by atoms with van der Waals surface area (Å²) >= 11 is 0. The Labute approximate surface area is 76.5 Å². The molecule has 2 rings (SSSR count). The van der Waals surface area contributed by atoms with Crippen molar-refractivity contribution < 1.29 is 0 Å². The third-order valence-corrected chi connectivity index (χ3v) is 2.53. The number of rotatable bonds is 1. The third-order valence-electron chi connectivity index (χ3n) is 2.53. The van der Waals surface area contributed by atoms with Crippen molar-refractivity contribution in [3.63, 3.8) is 0 Å². The van der Waals surface area contributed by atoms with Crippen LogP contribution in [0, 0.1) is 0 Å². The molecule has 0 saturated heterocycles. The van der Waals surface area contributed by atoms with Crippen molar-refractivity contribution in [2.45, 2.75) is 18.8 Å². The Bertz CT molecular complexity index is 391. The molecule has 0 aromatic carbocycles. The second kappa shape index (κ2) is 2.87. The minimum Gasteiger partial charge on any atom is -0.282 e. The summed E-state index contributed by atoms with van der Waals surface area (Å²) < 4.78 is 3.03. The van der Waals surface area contributed by atoms with Gasteiger partial charge in [-0.1, -0.05) is 12.2 Å². The molecule has 0 radical (unpaired) electrons. The summed E-state index contributed by atoms with van der Waals surface area (Å²) in [6.07, 6.45) is 6.29. The highest BCUT2D eigenvalue weighted by atomic mass is 16.2. The normalized spacial score (nSPS) is 17.1. The number of aryl methyl sites for hydroxylation is 1. The van der Waals surface area contributed by atoms with E-state index in [2.05, 4.69) is 17.3 Å². The molecule has 0 atom stereocenters. The maximum absolute atomic E-state index is 11.4. The van der Waals surface area contributed by atoms with Crippen molar-refractivity contribution in [3.8, 4) is 0 Å². The van der Waals surface area contributed by atoms with Crippen LogP contribution in [0.5, 0.6) is 0 Å². The van der Waals surface area contributed by atoms with E-state index in [1.54, 1.807) is 18.7 Å². The molecule has 4 nitrogen and oxygen atoms in total. The second-order valence-electron chi connectivity index (χ2n) is 3.46. The molecule has 13 heavy (non-hydrogen) atoms. The van der Waals surface area contributed by atoms with Crippen molar-refractivity contribution in [1.82, 2.24) is 14.3 Å². The zero-order chi connectivity index (χ0) is 9.42. The zero-order valence-corrected chi connectivity index (χ0v) is 7.90. The van der Waals surface area contributed by atoms with Crippen LogP contribution in [0.25, 0.3) is 0 Å². The van der Waals surface area contributed by atoms with Crippen LogP contribution in [0.2, 0.25) is 0 Å². The van der Waals surface area contributed by atoms with Crippen LogP contribution in [0.3, 0.4) is 0 Å². The van der Waals surface area contributed by atoms with Crippen LogP contribution in [0.1, 0.15) is 24.6 Å². The van der Waals surface area contributed by atoms with Gasteiger partial charge in [0.1, 0.15) is 5.82 Å². The Hall–Kier alpha value is -1.32. The van der Waals surface area contributed by atoms with Gasteiger partial charge in [0.05, 0.1) is 0 Å². The fourth-order valence-corrected chi connectivity index (χ4v) is 1.76. The molecule has 1 aliphatic carbocycles. The smallest absolute Gasteiger partial charge is 0.282 e. The highest BCUT2D eigenvalue weighted by molar-refractivity contribution is 5.08. The molecule has 0 bridgehead atoms. The van der Waals surface area contributed by atoms with Crippen molar-refractivity contribution in [2.75, 3.05) is 0 Å². The maximum atomic E-state index is 11.4. The van der Waals surface area contributed by atoms with Crippen LogP contribution in [0.15, 0.2) is 16.9 Å².